The molecule has 1 aromatic carbocycles. The zero-order valence-electron chi connectivity index (χ0n) is 11.3. The molecule has 0 aliphatic heterocycles. The molecule has 0 aliphatic carbocycles. The van der Waals surface area contributed by atoms with Crippen molar-refractivity contribution in [2.75, 3.05) is 0 Å². The molecule has 1 heterocycles. The molecule has 0 radical (unpaired) electrons. The first kappa shape index (κ1) is 13.7. The third-order valence-electron chi connectivity index (χ3n) is 2.84. The molecule has 0 amide bonds. The highest BCUT2D eigenvalue weighted by Crippen LogP contribution is 2.26. The van der Waals surface area contributed by atoms with Crippen LogP contribution in [0.3, 0.4) is 0 Å². The smallest absolute Gasteiger partial charge is 0.341 e. The Labute approximate surface area is 117 Å². The summed E-state index contributed by atoms with van der Waals surface area (Å²) in [5.41, 5.74) is 2.82. The summed E-state index contributed by atoms with van der Waals surface area (Å²) in [6, 6.07) is 5.73. The van der Waals surface area contributed by atoms with E-state index >= 15 is 0 Å². The zero-order chi connectivity index (χ0) is 13.8. The quantitative estimate of drug-likeness (QED) is 0.854. The molecule has 0 aliphatic rings. The van der Waals surface area contributed by atoms with Crippen LogP contribution in [0.2, 0.25) is 5.02 Å². The molecule has 0 saturated carbocycles. The molecule has 0 unspecified atom stereocenters. The predicted octanol–water partition coefficient (Wildman–Crippen LogP) is 3.75. The summed E-state index contributed by atoms with van der Waals surface area (Å²) < 4.78 is 5.66. The normalized spacial score (nSPS) is 10.5. The predicted molar refractivity (Wildman–Crippen MR) is 74.8 cm³/mol. The molecule has 4 nitrogen and oxygen atoms in total. The topological polar surface area (TPSA) is 47.9 Å². The standard InChI is InChI=1S/C14H16ClN3O/c1-4-11-12(5-2)17-18-14(16-11)19-13-8-10(15)7-6-9(13)3/h6-8H,4-5H2,1-3H3. The number of aryl methyl sites for hydroxylation is 3. The summed E-state index contributed by atoms with van der Waals surface area (Å²) in [7, 11) is 0. The van der Waals surface area contributed by atoms with Crippen LogP contribution in [-0.4, -0.2) is 15.2 Å². The van der Waals surface area contributed by atoms with Crippen LogP contribution in [0.15, 0.2) is 18.2 Å². The lowest BCUT2D eigenvalue weighted by Gasteiger charge is -2.09. The van der Waals surface area contributed by atoms with Crippen molar-refractivity contribution in [3.8, 4) is 11.8 Å². The fourth-order valence-corrected chi connectivity index (χ4v) is 1.91. The zero-order valence-corrected chi connectivity index (χ0v) is 12.0. The third kappa shape index (κ3) is 3.20. The summed E-state index contributed by atoms with van der Waals surface area (Å²) in [4.78, 5) is 4.39. The fourth-order valence-electron chi connectivity index (χ4n) is 1.75. The number of ether oxygens (including phenoxy) is 1. The second-order valence-corrected chi connectivity index (χ2v) is 4.64. The second kappa shape index (κ2) is 5.97. The first-order chi connectivity index (χ1) is 9.13. The van der Waals surface area contributed by atoms with Crippen LogP contribution >= 0.6 is 11.6 Å². The first-order valence-corrected chi connectivity index (χ1v) is 6.68. The number of nitrogens with zero attached hydrogens (tertiary/aromatic N) is 3. The Morgan fingerprint density at radius 2 is 1.84 bits per heavy atom. The summed E-state index contributed by atoms with van der Waals surface area (Å²) in [6.45, 7) is 6.02. The van der Waals surface area contributed by atoms with E-state index in [0.717, 1.165) is 29.8 Å². The molecule has 0 bridgehead atoms. The summed E-state index contributed by atoms with van der Waals surface area (Å²) in [5, 5.41) is 8.76. The average Bonchev–Trinajstić information content (AvgIpc) is 2.42. The number of benzene rings is 1. The van der Waals surface area contributed by atoms with Crippen molar-refractivity contribution >= 4 is 11.6 Å². The number of hydrogen-bond donors (Lipinski definition) is 0. The van der Waals surface area contributed by atoms with Crippen LogP contribution in [0, 0.1) is 6.92 Å². The molecule has 0 spiro atoms. The van der Waals surface area contributed by atoms with E-state index < -0.39 is 0 Å². The maximum Gasteiger partial charge on any atom is 0.341 e. The minimum absolute atomic E-state index is 0.263. The third-order valence-corrected chi connectivity index (χ3v) is 3.08. The van der Waals surface area contributed by atoms with Gasteiger partial charge in [0, 0.05) is 5.02 Å². The Kier molecular flexibility index (Phi) is 4.32. The van der Waals surface area contributed by atoms with Crippen LogP contribution in [0.1, 0.15) is 30.8 Å². The van der Waals surface area contributed by atoms with Gasteiger partial charge in [-0.05, 0) is 37.5 Å². The molecule has 0 N–H and O–H groups in total. The van der Waals surface area contributed by atoms with Gasteiger partial charge in [-0.25, -0.2) is 0 Å². The van der Waals surface area contributed by atoms with Gasteiger partial charge in [0.2, 0.25) is 0 Å². The molecule has 2 rings (SSSR count). The first-order valence-electron chi connectivity index (χ1n) is 6.30. The SMILES string of the molecule is CCc1nnc(Oc2cc(Cl)ccc2C)nc1CC. The number of hydrogen-bond acceptors (Lipinski definition) is 4. The van der Waals surface area contributed by atoms with E-state index in [4.69, 9.17) is 16.3 Å². The lowest BCUT2D eigenvalue weighted by atomic mass is 10.2. The number of rotatable bonds is 4. The molecule has 0 atom stereocenters. The molecule has 2 aromatic rings. The highest BCUT2D eigenvalue weighted by molar-refractivity contribution is 6.30. The van der Waals surface area contributed by atoms with Crippen molar-refractivity contribution in [1.82, 2.24) is 15.2 Å². The summed E-state index contributed by atoms with van der Waals surface area (Å²) in [6.07, 6.45) is 1.63. The van der Waals surface area contributed by atoms with Gasteiger partial charge >= 0.3 is 6.01 Å². The Hall–Kier alpha value is -1.68. The van der Waals surface area contributed by atoms with Crippen LogP contribution in [0.4, 0.5) is 0 Å². The van der Waals surface area contributed by atoms with Crippen molar-refractivity contribution in [2.45, 2.75) is 33.6 Å². The van der Waals surface area contributed by atoms with E-state index in [1.165, 1.54) is 0 Å². The minimum Gasteiger partial charge on any atom is -0.423 e. The molecule has 19 heavy (non-hydrogen) atoms. The van der Waals surface area contributed by atoms with Crippen molar-refractivity contribution in [1.29, 1.82) is 0 Å². The second-order valence-electron chi connectivity index (χ2n) is 4.21. The van der Waals surface area contributed by atoms with Gasteiger partial charge in [-0.1, -0.05) is 36.6 Å². The summed E-state index contributed by atoms with van der Waals surface area (Å²) in [5.74, 6) is 0.653. The lowest BCUT2D eigenvalue weighted by molar-refractivity contribution is 0.425. The van der Waals surface area contributed by atoms with Gasteiger partial charge in [-0.3, -0.25) is 0 Å². The van der Waals surface area contributed by atoms with Crippen LogP contribution in [0.5, 0.6) is 11.8 Å². The molecule has 0 saturated heterocycles. The van der Waals surface area contributed by atoms with Crippen molar-refractivity contribution in [3.05, 3.63) is 40.2 Å². The van der Waals surface area contributed by atoms with Gasteiger partial charge in [-0.15, -0.1) is 5.10 Å². The molecule has 100 valence electrons. The highest BCUT2D eigenvalue weighted by atomic mass is 35.5. The number of aromatic nitrogens is 3. The summed E-state index contributed by atoms with van der Waals surface area (Å²) >= 11 is 5.95. The molecule has 1 aromatic heterocycles. The molecular weight excluding hydrogens is 262 g/mol. The Balaban J connectivity index is 2.30. The maximum atomic E-state index is 5.95. The van der Waals surface area contributed by atoms with Gasteiger partial charge < -0.3 is 4.74 Å². The monoisotopic (exact) mass is 277 g/mol. The van der Waals surface area contributed by atoms with Crippen LogP contribution < -0.4 is 4.74 Å². The minimum atomic E-state index is 0.263. The van der Waals surface area contributed by atoms with Gasteiger partial charge in [0.1, 0.15) is 5.75 Å². The van der Waals surface area contributed by atoms with E-state index in [1.54, 1.807) is 6.07 Å². The average molecular weight is 278 g/mol. The fraction of sp³-hybridized carbons (Fsp3) is 0.357. The largest absolute Gasteiger partial charge is 0.423 e. The maximum absolute atomic E-state index is 5.95. The van der Waals surface area contributed by atoms with E-state index in [0.29, 0.717) is 10.8 Å². The van der Waals surface area contributed by atoms with Gasteiger partial charge in [0.05, 0.1) is 11.4 Å². The van der Waals surface area contributed by atoms with Gasteiger partial charge in [0.25, 0.3) is 0 Å². The highest BCUT2D eigenvalue weighted by Gasteiger charge is 2.09. The Morgan fingerprint density at radius 1 is 1.11 bits per heavy atom. The van der Waals surface area contributed by atoms with Gasteiger partial charge in [0.15, 0.2) is 0 Å². The van der Waals surface area contributed by atoms with E-state index in [2.05, 4.69) is 15.2 Å². The van der Waals surface area contributed by atoms with E-state index in [9.17, 15) is 0 Å². The van der Waals surface area contributed by atoms with Crippen molar-refractivity contribution < 1.29 is 4.74 Å². The van der Waals surface area contributed by atoms with Crippen LogP contribution in [0.25, 0.3) is 0 Å². The van der Waals surface area contributed by atoms with Crippen molar-refractivity contribution in [3.63, 3.8) is 0 Å². The lowest BCUT2D eigenvalue weighted by Crippen LogP contribution is -2.04. The van der Waals surface area contributed by atoms with E-state index in [-0.39, 0.29) is 6.01 Å². The molecule has 5 heteroatoms. The van der Waals surface area contributed by atoms with Crippen molar-refractivity contribution in [2.24, 2.45) is 0 Å². The van der Waals surface area contributed by atoms with Gasteiger partial charge in [-0.2, -0.15) is 4.98 Å². The Morgan fingerprint density at radius 3 is 2.53 bits per heavy atom. The molecule has 0 fully saturated rings. The van der Waals surface area contributed by atoms with E-state index in [1.807, 2.05) is 32.9 Å². The number of halogens is 1. The Bertz CT molecular complexity index is 587. The van der Waals surface area contributed by atoms with Crippen LogP contribution in [-0.2, 0) is 12.8 Å². The molecular formula is C14H16ClN3O.